The van der Waals surface area contributed by atoms with E-state index in [1.165, 1.54) is 0 Å². The molecule has 5 heteroatoms. The number of fused-ring (bicyclic) bond motifs is 1. The van der Waals surface area contributed by atoms with E-state index in [-0.39, 0.29) is 18.4 Å². The SMILES string of the molecule is NC(Cc1ccccc1)C(=O)NCC(=O)Nc1ccc2c(c1)=CCC=CC=2. The average molecular weight is 361 g/mol. The third-order valence-corrected chi connectivity index (χ3v) is 4.31. The van der Waals surface area contributed by atoms with E-state index >= 15 is 0 Å². The molecule has 1 aliphatic rings. The molecule has 0 spiro atoms. The monoisotopic (exact) mass is 361 g/mol. The Morgan fingerprint density at radius 2 is 1.89 bits per heavy atom. The van der Waals surface area contributed by atoms with Crippen LogP contribution in [-0.4, -0.2) is 24.4 Å². The van der Waals surface area contributed by atoms with Crippen LogP contribution < -0.4 is 26.8 Å². The molecule has 4 N–H and O–H groups in total. The van der Waals surface area contributed by atoms with Gasteiger partial charge < -0.3 is 16.4 Å². The minimum absolute atomic E-state index is 0.115. The smallest absolute Gasteiger partial charge is 0.243 e. The van der Waals surface area contributed by atoms with Gasteiger partial charge in [0, 0.05) is 5.69 Å². The predicted molar refractivity (Wildman–Crippen MR) is 108 cm³/mol. The molecule has 0 radical (unpaired) electrons. The molecule has 0 aromatic heterocycles. The van der Waals surface area contributed by atoms with E-state index in [0.29, 0.717) is 12.1 Å². The molecule has 2 aromatic carbocycles. The Morgan fingerprint density at radius 1 is 1.07 bits per heavy atom. The summed E-state index contributed by atoms with van der Waals surface area (Å²) < 4.78 is 0. The highest BCUT2D eigenvalue weighted by molar-refractivity contribution is 5.95. The Kier molecular flexibility index (Phi) is 6.18. The summed E-state index contributed by atoms with van der Waals surface area (Å²) in [5, 5.41) is 7.59. The lowest BCUT2D eigenvalue weighted by Gasteiger charge is -2.12. The number of carbonyl (C=O) groups excluding carboxylic acids is 2. The fourth-order valence-corrected chi connectivity index (χ4v) is 2.89. The highest BCUT2D eigenvalue weighted by Gasteiger charge is 2.15. The van der Waals surface area contributed by atoms with E-state index in [1.807, 2.05) is 60.7 Å². The standard InChI is InChI=1S/C22H23N3O2/c23-20(13-16-7-3-1-4-8-16)22(27)24-15-21(26)25-19-12-11-17-9-5-2-6-10-18(17)14-19/h1-5,7-12,14,20H,6,13,15,23H2,(H,24,27)(H,25,26). The van der Waals surface area contributed by atoms with Gasteiger partial charge >= 0.3 is 0 Å². The lowest BCUT2D eigenvalue weighted by atomic mass is 10.1. The summed E-state index contributed by atoms with van der Waals surface area (Å²) in [5.41, 5.74) is 7.61. The van der Waals surface area contributed by atoms with E-state index in [0.717, 1.165) is 22.4 Å². The molecule has 0 bridgehead atoms. The molecule has 2 amide bonds. The highest BCUT2D eigenvalue weighted by atomic mass is 16.2. The van der Waals surface area contributed by atoms with E-state index in [2.05, 4.69) is 22.8 Å². The number of allylic oxidation sites excluding steroid dienone is 2. The second kappa shape index (κ2) is 8.96. The first-order chi connectivity index (χ1) is 13.1. The largest absolute Gasteiger partial charge is 0.346 e. The van der Waals surface area contributed by atoms with Gasteiger partial charge in [-0.25, -0.2) is 0 Å². The topological polar surface area (TPSA) is 84.2 Å². The van der Waals surface area contributed by atoms with E-state index in [4.69, 9.17) is 5.73 Å². The molecule has 2 aromatic rings. The summed E-state index contributed by atoms with van der Waals surface area (Å²) in [6.45, 7) is -0.115. The fourth-order valence-electron chi connectivity index (χ4n) is 2.89. The summed E-state index contributed by atoms with van der Waals surface area (Å²) in [6.07, 6.45) is 9.53. The van der Waals surface area contributed by atoms with Crippen LogP contribution in [0.1, 0.15) is 12.0 Å². The number of nitrogens with two attached hydrogens (primary N) is 1. The van der Waals surface area contributed by atoms with Crippen LogP contribution >= 0.6 is 0 Å². The van der Waals surface area contributed by atoms with Gasteiger partial charge in [-0.2, -0.15) is 0 Å². The Morgan fingerprint density at radius 3 is 2.70 bits per heavy atom. The third kappa shape index (κ3) is 5.39. The second-order valence-corrected chi connectivity index (χ2v) is 6.44. The summed E-state index contributed by atoms with van der Waals surface area (Å²) in [6, 6.07) is 14.6. The van der Waals surface area contributed by atoms with Gasteiger partial charge in [0.2, 0.25) is 11.8 Å². The van der Waals surface area contributed by atoms with Crippen molar-refractivity contribution in [1.29, 1.82) is 0 Å². The zero-order chi connectivity index (χ0) is 19.1. The van der Waals surface area contributed by atoms with Crippen molar-refractivity contribution in [3.63, 3.8) is 0 Å². The Labute approximate surface area is 158 Å². The Bertz CT molecular complexity index is 965. The molecular formula is C22H23N3O2. The van der Waals surface area contributed by atoms with Gasteiger partial charge in [0.1, 0.15) is 0 Å². The van der Waals surface area contributed by atoms with Crippen molar-refractivity contribution in [2.24, 2.45) is 5.73 Å². The summed E-state index contributed by atoms with van der Waals surface area (Å²) in [4.78, 5) is 24.2. The number of hydrogen-bond donors (Lipinski definition) is 3. The van der Waals surface area contributed by atoms with Gasteiger partial charge in [-0.15, -0.1) is 0 Å². The van der Waals surface area contributed by atoms with Crippen LogP contribution in [0.25, 0.3) is 12.2 Å². The van der Waals surface area contributed by atoms with Crippen LogP contribution in [0, 0.1) is 0 Å². The number of anilines is 1. The normalized spacial score (nSPS) is 13.4. The maximum Gasteiger partial charge on any atom is 0.243 e. The lowest BCUT2D eigenvalue weighted by molar-refractivity contribution is -0.125. The lowest BCUT2D eigenvalue weighted by Crippen LogP contribution is -2.44. The third-order valence-electron chi connectivity index (χ3n) is 4.31. The Balaban J connectivity index is 1.52. The molecule has 0 heterocycles. The summed E-state index contributed by atoms with van der Waals surface area (Å²) >= 11 is 0. The highest BCUT2D eigenvalue weighted by Crippen LogP contribution is 2.03. The number of hydrogen-bond acceptors (Lipinski definition) is 3. The van der Waals surface area contributed by atoms with Crippen molar-refractivity contribution in [1.82, 2.24) is 5.32 Å². The number of amides is 2. The van der Waals surface area contributed by atoms with Gasteiger partial charge in [-0.1, -0.05) is 60.7 Å². The maximum absolute atomic E-state index is 12.1. The summed E-state index contributed by atoms with van der Waals surface area (Å²) in [5.74, 6) is -0.629. The van der Waals surface area contributed by atoms with Gasteiger partial charge in [0.15, 0.2) is 0 Å². The zero-order valence-electron chi connectivity index (χ0n) is 15.0. The number of carbonyl (C=O) groups is 2. The number of rotatable bonds is 6. The van der Waals surface area contributed by atoms with Crippen molar-refractivity contribution >= 4 is 29.7 Å². The molecule has 0 aliphatic heterocycles. The number of nitrogens with one attached hydrogen (secondary N) is 2. The maximum atomic E-state index is 12.1. The van der Waals surface area contributed by atoms with Crippen LogP contribution in [0.15, 0.2) is 60.7 Å². The molecule has 138 valence electrons. The average Bonchev–Trinajstić information content (AvgIpc) is 2.92. The van der Waals surface area contributed by atoms with Crippen molar-refractivity contribution in [3.8, 4) is 0 Å². The predicted octanol–water partition coefficient (Wildman–Crippen LogP) is 0.832. The van der Waals surface area contributed by atoms with Crippen LogP contribution in [0.4, 0.5) is 5.69 Å². The first kappa shape index (κ1) is 18.6. The van der Waals surface area contributed by atoms with Crippen LogP contribution in [0.5, 0.6) is 0 Å². The molecule has 0 fully saturated rings. The fraction of sp³-hybridized carbons (Fsp3) is 0.182. The molecule has 1 aliphatic carbocycles. The van der Waals surface area contributed by atoms with Crippen molar-refractivity contribution in [3.05, 3.63) is 76.7 Å². The van der Waals surface area contributed by atoms with Gasteiger partial charge in [-0.05, 0) is 41.0 Å². The quantitative estimate of drug-likeness (QED) is 0.713. The van der Waals surface area contributed by atoms with Crippen molar-refractivity contribution < 1.29 is 9.59 Å². The molecular weight excluding hydrogens is 338 g/mol. The molecule has 1 atom stereocenters. The summed E-state index contributed by atoms with van der Waals surface area (Å²) in [7, 11) is 0. The molecule has 0 saturated carbocycles. The van der Waals surface area contributed by atoms with Gasteiger partial charge in [-0.3, -0.25) is 9.59 Å². The molecule has 5 nitrogen and oxygen atoms in total. The molecule has 27 heavy (non-hydrogen) atoms. The minimum Gasteiger partial charge on any atom is -0.346 e. The first-order valence-electron chi connectivity index (χ1n) is 8.96. The van der Waals surface area contributed by atoms with Crippen LogP contribution in [0.3, 0.4) is 0 Å². The van der Waals surface area contributed by atoms with Gasteiger partial charge in [0.25, 0.3) is 0 Å². The molecule has 1 unspecified atom stereocenters. The van der Waals surface area contributed by atoms with E-state index in [1.54, 1.807) is 0 Å². The first-order valence-corrected chi connectivity index (χ1v) is 8.96. The van der Waals surface area contributed by atoms with Crippen molar-refractivity contribution in [2.45, 2.75) is 18.9 Å². The van der Waals surface area contributed by atoms with Crippen molar-refractivity contribution in [2.75, 3.05) is 11.9 Å². The Hall–Kier alpha value is -3.18. The second-order valence-electron chi connectivity index (χ2n) is 6.44. The zero-order valence-corrected chi connectivity index (χ0v) is 15.0. The minimum atomic E-state index is -0.690. The van der Waals surface area contributed by atoms with Crippen LogP contribution in [0.2, 0.25) is 0 Å². The van der Waals surface area contributed by atoms with Gasteiger partial charge in [0.05, 0.1) is 12.6 Å². The number of benzene rings is 2. The van der Waals surface area contributed by atoms with E-state index < -0.39 is 6.04 Å². The molecule has 3 rings (SSSR count). The molecule has 0 saturated heterocycles. The van der Waals surface area contributed by atoms with E-state index in [9.17, 15) is 9.59 Å². The van der Waals surface area contributed by atoms with Crippen LogP contribution in [-0.2, 0) is 16.0 Å².